The van der Waals surface area contributed by atoms with Crippen molar-refractivity contribution >= 4 is 45.7 Å². The van der Waals surface area contributed by atoms with Crippen molar-refractivity contribution < 1.29 is 4.79 Å². The van der Waals surface area contributed by atoms with Gasteiger partial charge >= 0.3 is 5.69 Å². The van der Waals surface area contributed by atoms with Gasteiger partial charge in [-0.05, 0) is 5.75 Å². The summed E-state index contributed by atoms with van der Waals surface area (Å²) in [6, 6.07) is 29.6. The lowest BCUT2D eigenvalue weighted by Gasteiger charge is -2.27. The first-order chi connectivity index (χ1) is 16.9. The topological polar surface area (TPSA) is 73.4 Å². The van der Waals surface area contributed by atoms with Crippen LogP contribution in [0.25, 0.3) is 0 Å². The van der Waals surface area contributed by atoms with Crippen LogP contribution in [-0.4, -0.2) is 20.0 Å². The minimum Gasteiger partial charge on any atom is -0.281 e. The second kappa shape index (κ2) is 10.5. The van der Waals surface area contributed by atoms with Crippen molar-refractivity contribution in [3.05, 3.63) is 117 Å². The Morgan fingerprint density at radius 1 is 0.771 bits per heavy atom. The lowest BCUT2D eigenvalue weighted by atomic mass is 10.3. The van der Waals surface area contributed by atoms with Crippen LogP contribution < -0.4 is 27.2 Å². The fraction of sp³-hybridized carbons (Fsp3) is 0.148. The molecule has 35 heavy (non-hydrogen) atoms. The molecule has 0 N–H and O–H groups in total. The summed E-state index contributed by atoms with van der Waals surface area (Å²) in [7, 11) is 0.157. The van der Waals surface area contributed by atoms with Crippen molar-refractivity contribution in [2.24, 2.45) is 18.8 Å². The molecular weight excluding hydrogens is 477 g/mol. The van der Waals surface area contributed by atoms with E-state index in [0.717, 1.165) is 32.2 Å². The fourth-order valence-electron chi connectivity index (χ4n) is 4.03. The van der Waals surface area contributed by atoms with Crippen molar-refractivity contribution in [1.82, 2.24) is 9.13 Å². The van der Waals surface area contributed by atoms with Gasteiger partial charge in [0.25, 0.3) is 5.56 Å². The van der Waals surface area contributed by atoms with Crippen LogP contribution in [0.15, 0.2) is 105 Å². The highest BCUT2D eigenvalue weighted by atomic mass is 32.2. The first-order valence-corrected chi connectivity index (χ1v) is 13.9. The van der Waals surface area contributed by atoms with E-state index < -0.39 is 23.4 Å². The Hall–Kier alpha value is -3.41. The summed E-state index contributed by atoms with van der Waals surface area (Å²) in [5, 5.41) is 2.46. The molecule has 0 aliphatic carbocycles. The maximum atomic E-state index is 13.2. The minimum atomic E-state index is -2.79. The number of carbonyl (C=O) groups is 1. The van der Waals surface area contributed by atoms with E-state index in [1.165, 1.54) is 11.6 Å². The van der Waals surface area contributed by atoms with Gasteiger partial charge in [0.05, 0.1) is 7.05 Å². The number of rotatable bonds is 6. The van der Waals surface area contributed by atoms with Crippen LogP contribution in [0.1, 0.15) is 17.3 Å². The van der Waals surface area contributed by atoms with E-state index in [4.69, 9.17) is 4.74 Å². The predicted molar refractivity (Wildman–Crippen MR) is 147 cm³/mol. The van der Waals surface area contributed by atoms with Gasteiger partial charge in [0.15, 0.2) is 5.82 Å². The molecule has 6 nitrogen and oxygen atoms in total. The Kier molecular flexibility index (Phi) is 7.39. The molecule has 4 aromatic rings. The van der Waals surface area contributed by atoms with Crippen LogP contribution in [0.3, 0.4) is 0 Å². The van der Waals surface area contributed by atoms with Gasteiger partial charge in [-0.3, -0.25) is 18.7 Å². The van der Waals surface area contributed by atoms with Crippen LogP contribution in [-0.2, 0) is 14.1 Å². The Labute approximate surface area is 208 Å². The summed E-state index contributed by atoms with van der Waals surface area (Å²) >= 11 is 1.03. The van der Waals surface area contributed by atoms with Gasteiger partial charge in [-0.25, -0.2) is 9.54 Å². The SMILES string of the molecule is CCSC(=O)c1c(N=P(c2ccccc2)(c2ccccc2)c2ccccc2)n(C)c(=O)n(C)c1=O. The zero-order valence-corrected chi connectivity index (χ0v) is 21.5. The number of thioether (sulfide) groups is 1. The largest absolute Gasteiger partial charge is 0.332 e. The van der Waals surface area contributed by atoms with Crippen molar-refractivity contribution in [3.63, 3.8) is 0 Å². The molecular formula is C27H26N3O3PS. The monoisotopic (exact) mass is 503 g/mol. The maximum absolute atomic E-state index is 13.2. The van der Waals surface area contributed by atoms with Crippen LogP contribution in [0.4, 0.5) is 5.82 Å². The average Bonchev–Trinajstić information content (AvgIpc) is 2.90. The lowest BCUT2D eigenvalue weighted by molar-refractivity contribution is 0.108. The van der Waals surface area contributed by atoms with Crippen LogP contribution >= 0.6 is 18.8 Å². The molecule has 0 saturated heterocycles. The molecule has 4 rings (SSSR count). The van der Waals surface area contributed by atoms with Gasteiger partial charge in [0.2, 0.25) is 5.12 Å². The second-order valence-electron chi connectivity index (χ2n) is 7.87. The van der Waals surface area contributed by atoms with Crippen molar-refractivity contribution in [1.29, 1.82) is 0 Å². The Bertz CT molecular complexity index is 1430. The van der Waals surface area contributed by atoms with Gasteiger partial charge in [-0.1, -0.05) is 110 Å². The number of hydrogen-bond donors (Lipinski definition) is 0. The van der Waals surface area contributed by atoms with E-state index in [-0.39, 0.29) is 11.4 Å². The molecule has 0 fully saturated rings. The van der Waals surface area contributed by atoms with E-state index in [1.807, 2.05) is 97.9 Å². The average molecular weight is 504 g/mol. The van der Waals surface area contributed by atoms with E-state index in [0.29, 0.717) is 5.75 Å². The predicted octanol–water partition coefficient (Wildman–Crippen LogP) is 3.79. The van der Waals surface area contributed by atoms with Crippen LogP contribution in [0, 0.1) is 0 Å². The van der Waals surface area contributed by atoms with Crippen LogP contribution in [0.2, 0.25) is 0 Å². The summed E-state index contributed by atoms with van der Waals surface area (Å²) in [4.78, 5) is 39.4. The van der Waals surface area contributed by atoms with Gasteiger partial charge < -0.3 is 0 Å². The molecule has 0 aliphatic heterocycles. The van der Waals surface area contributed by atoms with Gasteiger partial charge in [-0.2, -0.15) is 0 Å². The fourth-order valence-corrected chi connectivity index (χ4v) is 8.18. The van der Waals surface area contributed by atoms with Crippen molar-refractivity contribution in [2.75, 3.05) is 5.75 Å². The molecule has 8 heteroatoms. The molecule has 178 valence electrons. The second-order valence-corrected chi connectivity index (χ2v) is 12.1. The molecule has 0 bridgehead atoms. The number of carbonyl (C=O) groups excluding carboxylic acids is 1. The summed E-state index contributed by atoms with van der Waals surface area (Å²) in [6.07, 6.45) is 0. The molecule has 0 radical (unpaired) electrons. The van der Waals surface area contributed by atoms with Gasteiger partial charge in [0.1, 0.15) is 5.56 Å². The highest BCUT2D eigenvalue weighted by molar-refractivity contribution is 8.14. The number of hydrogen-bond acceptors (Lipinski definition) is 5. The number of aromatic nitrogens is 2. The van der Waals surface area contributed by atoms with Gasteiger partial charge in [-0.15, -0.1) is 0 Å². The molecule has 0 spiro atoms. The third-order valence-corrected chi connectivity index (χ3v) is 10.1. The summed E-state index contributed by atoms with van der Waals surface area (Å²) in [5.74, 6) is 0.606. The van der Waals surface area contributed by atoms with Crippen molar-refractivity contribution in [3.8, 4) is 0 Å². The molecule has 3 aromatic carbocycles. The van der Waals surface area contributed by atoms with E-state index in [9.17, 15) is 14.4 Å². The number of benzene rings is 3. The Morgan fingerprint density at radius 3 is 1.60 bits per heavy atom. The number of nitrogens with zero attached hydrogens (tertiary/aromatic N) is 3. The third kappa shape index (κ3) is 4.49. The quantitative estimate of drug-likeness (QED) is 0.376. The van der Waals surface area contributed by atoms with Crippen LogP contribution in [0.5, 0.6) is 0 Å². The molecule has 0 aliphatic rings. The zero-order chi connectivity index (χ0) is 25.0. The lowest BCUT2D eigenvalue weighted by Crippen LogP contribution is -2.40. The highest BCUT2D eigenvalue weighted by Gasteiger charge is 2.30. The van der Waals surface area contributed by atoms with Gasteiger partial charge in [0, 0.05) is 30.0 Å². The van der Waals surface area contributed by atoms with Crippen molar-refractivity contribution in [2.45, 2.75) is 6.92 Å². The smallest absolute Gasteiger partial charge is 0.281 e. The molecule has 0 amide bonds. The molecule has 1 heterocycles. The first kappa shape index (κ1) is 24.7. The first-order valence-electron chi connectivity index (χ1n) is 11.2. The zero-order valence-electron chi connectivity index (χ0n) is 19.8. The Balaban J connectivity index is 2.27. The molecule has 0 unspecified atom stereocenters. The molecule has 1 aromatic heterocycles. The normalized spacial score (nSPS) is 11.3. The standard InChI is InChI=1S/C27H26N3O3PS/c1-4-35-26(32)23-24(29(2)27(33)30(3)25(23)31)28-34(20-14-8-5-9-15-20,21-16-10-6-11-17-21)22-18-12-7-13-19-22/h5-19H,4H2,1-3H3. The summed E-state index contributed by atoms with van der Waals surface area (Å²) in [5.41, 5.74) is -1.24. The summed E-state index contributed by atoms with van der Waals surface area (Å²) < 4.78 is 7.58. The molecule has 0 atom stereocenters. The summed E-state index contributed by atoms with van der Waals surface area (Å²) in [6.45, 7) is 1.85. The van der Waals surface area contributed by atoms with E-state index in [1.54, 1.807) is 7.05 Å². The third-order valence-electron chi connectivity index (χ3n) is 5.75. The van der Waals surface area contributed by atoms with E-state index in [2.05, 4.69) is 0 Å². The minimum absolute atomic E-state index is 0.0754. The molecule has 0 saturated carbocycles. The Morgan fingerprint density at radius 2 is 1.20 bits per heavy atom. The highest BCUT2D eigenvalue weighted by Crippen LogP contribution is 2.49. The maximum Gasteiger partial charge on any atom is 0.332 e. The van der Waals surface area contributed by atoms with E-state index >= 15 is 0 Å².